The molecule has 1 aliphatic carbocycles. The molecule has 0 bridgehead atoms. The molecule has 22 heavy (non-hydrogen) atoms. The van der Waals surface area contributed by atoms with Gasteiger partial charge in [-0.2, -0.15) is 0 Å². The number of allylic oxidation sites excluding steroid dienone is 5. The van der Waals surface area contributed by atoms with Gasteiger partial charge in [0.05, 0.1) is 0 Å². The molecule has 2 nitrogen and oxygen atoms in total. The minimum Gasteiger partial charge on any atom is -0.508 e. The van der Waals surface area contributed by atoms with Gasteiger partial charge in [0.1, 0.15) is 5.75 Å². The van der Waals surface area contributed by atoms with Crippen molar-refractivity contribution in [2.75, 3.05) is 0 Å². The van der Waals surface area contributed by atoms with E-state index in [1.54, 1.807) is 12.1 Å². The van der Waals surface area contributed by atoms with Crippen LogP contribution in [0.3, 0.4) is 0 Å². The highest BCUT2D eigenvalue weighted by Gasteiger charge is 2.30. The third-order valence-corrected chi connectivity index (χ3v) is 4.44. The number of aromatic hydroxyl groups is 1. The van der Waals surface area contributed by atoms with E-state index in [0.29, 0.717) is 5.75 Å². The summed E-state index contributed by atoms with van der Waals surface area (Å²) in [6.45, 7) is 2.10. The SMILES string of the molecule is CC\C=C/C(N)=C\C=C\C1(c2ccc(O)cc2)CCCCC1. The molecule has 0 amide bonds. The van der Waals surface area contributed by atoms with Gasteiger partial charge in [0.25, 0.3) is 0 Å². The van der Waals surface area contributed by atoms with Crippen molar-refractivity contribution in [3.05, 3.63) is 65.9 Å². The highest BCUT2D eigenvalue weighted by Crippen LogP contribution is 2.41. The van der Waals surface area contributed by atoms with Crippen molar-refractivity contribution in [2.24, 2.45) is 5.73 Å². The van der Waals surface area contributed by atoms with Crippen LogP contribution in [0.1, 0.15) is 51.0 Å². The number of phenolic OH excluding ortho intramolecular Hbond substituents is 1. The summed E-state index contributed by atoms with van der Waals surface area (Å²) in [7, 11) is 0. The average Bonchev–Trinajstić information content (AvgIpc) is 2.54. The average molecular weight is 297 g/mol. The Labute approximate surface area is 134 Å². The fourth-order valence-electron chi connectivity index (χ4n) is 3.18. The zero-order valence-electron chi connectivity index (χ0n) is 13.5. The first-order valence-electron chi connectivity index (χ1n) is 8.27. The van der Waals surface area contributed by atoms with Gasteiger partial charge in [-0.1, -0.05) is 56.5 Å². The molecule has 1 aliphatic rings. The van der Waals surface area contributed by atoms with Crippen LogP contribution in [0.15, 0.2) is 60.3 Å². The summed E-state index contributed by atoms with van der Waals surface area (Å²) in [5.74, 6) is 0.326. The zero-order chi connectivity index (χ0) is 15.8. The molecule has 2 rings (SSSR count). The minimum atomic E-state index is 0.0806. The first kappa shape index (κ1) is 16.4. The molecule has 0 spiro atoms. The molecule has 1 aromatic rings. The number of rotatable bonds is 5. The van der Waals surface area contributed by atoms with Gasteiger partial charge in [-0.3, -0.25) is 0 Å². The molecular weight excluding hydrogens is 270 g/mol. The highest BCUT2D eigenvalue weighted by molar-refractivity contribution is 5.37. The molecule has 0 atom stereocenters. The van der Waals surface area contributed by atoms with Crippen molar-refractivity contribution in [3.63, 3.8) is 0 Å². The Kier molecular flexibility index (Phi) is 5.88. The van der Waals surface area contributed by atoms with E-state index < -0.39 is 0 Å². The van der Waals surface area contributed by atoms with Crippen molar-refractivity contribution in [3.8, 4) is 5.75 Å². The number of benzene rings is 1. The summed E-state index contributed by atoms with van der Waals surface area (Å²) in [5, 5.41) is 9.52. The van der Waals surface area contributed by atoms with Gasteiger partial charge < -0.3 is 10.8 Å². The van der Waals surface area contributed by atoms with Gasteiger partial charge in [-0.25, -0.2) is 0 Å². The van der Waals surface area contributed by atoms with E-state index >= 15 is 0 Å². The largest absolute Gasteiger partial charge is 0.508 e. The van der Waals surface area contributed by atoms with Gasteiger partial charge in [0.2, 0.25) is 0 Å². The topological polar surface area (TPSA) is 46.2 Å². The van der Waals surface area contributed by atoms with Crippen molar-refractivity contribution in [2.45, 2.75) is 50.9 Å². The number of hydrogen-bond donors (Lipinski definition) is 2. The second-order valence-corrected chi connectivity index (χ2v) is 6.10. The van der Waals surface area contributed by atoms with E-state index in [9.17, 15) is 5.11 Å². The van der Waals surface area contributed by atoms with Gasteiger partial charge in [-0.05, 0) is 49.1 Å². The van der Waals surface area contributed by atoms with Gasteiger partial charge in [0.15, 0.2) is 0 Å². The number of phenols is 1. The molecule has 1 aromatic carbocycles. The van der Waals surface area contributed by atoms with Crippen molar-refractivity contribution in [1.82, 2.24) is 0 Å². The van der Waals surface area contributed by atoms with E-state index in [0.717, 1.165) is 25.0 Å². The van der Waals surface area contributed by atoms with Crippen LogP contribution >= 0.6 is 0 Å². The zero-order valence-corrected chi connectivity index (χ0v) is 13.5. The van der Waals surface area contributed by atoms with Gasteiger partial charge in [0, 0.05) is 11.1 Å². The molecule has 0 unspecified atom stereocenters. The lowest BCUT2D eigenvalue weighted by atomic mass is 9.69. The van der Waals surface area contributed by atoms with Crippen LogP contribution in [0.2, 0.25) is 0 Å². The summed E-state index contributed by atoms with van der Waals surface area (Å²) in [6.07, 6.45) is 17.5. The first-order chi connectivity index (χ1) is 10.7. The summed E-state index contributed by atoms with van der Waals surface area (Å²) in [6, 6.07) is 7.67. The standard InChI is InChI=1S/C20H27NO/c1-2-3-8-18(21)9-7-16-20(14-5-4-6-15-20)17-10-12-19(22)13-11-17/h3,7-13,16,22H,2,4-6,14-15,21H2,1H3/b8-3-,16-7+,18-9+. The smallest absolute Gasteiger partial charge is 0.115 e. The van der Waals surface area contributed by atoms with Crippen LogP contribution in [0, 0.1) is 0 Å². The lowest BCUT2D eigenvalue weighted by Crippen LogP contribution is -2.26. The first-order valence-corrected chi connectivity index (χ1v) is 8.27. The number of hydrogen-bond acceptors (Lipinski definition) is 2. The van der Waals surface area contributed by atoms with Crippen molar-refractivity contribution >= 4 is 0 Å². The van der Waals surface area contributed by atoms with E-state index in [2.05, 4.69) is 37.3 Å². The molecule has 2 heteroatoms. The predicted octanol–water partition coefficient (Wildman–Crippen LogP) is 4.96. The van der Waals surface area contributed by atoms with E-state index in [-0.39, 0.29) is 5.41 Å². The Morgan fingerprint density at radius 2 is 1.86 bits per heavy atom. The minimum absolute atomic E-state index is 0.0806. The van der Waals surface area contributed by atoms with Crippen LogP contribution in [0.4, 0.5) is 0 Å². The maximum Gasteiger partial charge on any atom is 0.115 e. The predicted molar refractivity (Wildman–Crippen MR) is 93.7 cm³/mol. The fourth-order valence-corrected chi connectivity index (χ4v) is 3.18. The van der Waals surface area contributed by atoms with Gasteiger partial charge in [-0.15, -0.1) is 0 Å². The normalized spacial score (nSPS) is 19.0. The summed E-state index contributed by atoms with van der Waals surface area (Å²) >= 11 is 0. The Bertz CT molecular complexity index is 546. The molecular formula is C20H27NO. The molecule has 0 aromatic heterocycles. The molecule has 118 valence electrons. The molecule has 0 aliphatic heterocycles. The summed E-state index contributed by atoms with van der Waals surface area (Å²) in [5.41, 5.74) is 8.12. The van der Waals surface area contributed by atoms with Crippen LogP contribution in [0.25, 0.3) is 0 Å². The Balaban J connectivity index is 2.22. The molecule has 0 heterocycles. The van der Waals surface area contributed by atoms with Gasteiger partial charge >= 0.3 is 0 Å². The molecule has 0 radical (unpaired) electrons. The van der Waals surface area contributed by atoms with Crippen LogP contribution in [0.5, 0.6) is 5.75 Å². The monoisotopic (exact) mass is 297 g/mol. The lowest BCUT2D eigenvalue weighted by Gasteiger charge is -2.35. The number of nitrogens with two attached hydrogens (primary N) is 1. The maximum atomic E-state index is 9.52. The Morgan fingerprint density at radius 1 is 1.18 bits per heavy atom. The molecule has 1 fully saturated rings. The Hall–Kier alpha value is -1.96. The van der Waals surface area contributed by atoms with Crippen LogP contribution < -0.4 is 5.73 Å². The highest BCUT2D eigenvalue weighted by atomic mass is 16.3. The van der Waals surface area contributed by atoms with Crippen molar-refractivity contribution in [1.29, 1.82) is 0 Å². The fraction of sp³-hybridized carbons (Fsp3) is 0.400. The second-order valence-electron chi connectivity index (χ2n) is 6.10. The molecule has 0 saturated heterocycles. The molecule has 1 saturated carbocycles. The van der Waals surface area contributed by atoms with E-state index in [4.69, 9.17) is 5.73 Å². The van der Waals surface area contributed by atoms with Crippen molar-refractivity contribution < 1.29 is 5.11 Å². The molecule has 3 N–H and O–H groups in total. The second kappa shape index (κ2) is 7.88. The Morgan fingerprint density at radius 3 is 2.50 bits per heavy atom. The van der Waals surface area contributed by atoms with E-state index in [1.807, 2.05) is 12.2 Å². The third kappa shape index (κ3) is 4.27. The summed E-state index contributed by atoms with van der Waals surface area (Å²) < 4.78 is 0. The lowest BCUT2D eigenvalue weighted by molar-refractivity contribution is 0.356. The van der Waals surface area contributed by atoms with E-state index in [1.165, 1.54) is 24.8 Å². The maximum absolute atomic E-state index is 9.52. The van der Waals surface area contributed by atoms with Crippen LogP contribution in [-0.2, 0) is 5.41 Å². The summed E-state index contributed by atoms with van der Waals surface area (Å²) in [4.78, 5) is 0. The quantitative estimate of drug-likeness (QED) is 0.755. The van der Waals surface area contributed by atoms with Crippen LogP contribution in [-0.4, -0.2) is 5.11 Å². The third-order valence-electron chi connectivity index (χ3n) is 4.44.